The second-order valence-electron chi connectivity index (χ2n) is 16.0. The van der Waals surface area contributed by atoms with Crippen LogP contribution in [-0.4, -0.2) is 58.5 Å². The van der Waals surface area contributed by atoms with Gasteiger partial charge in [-0.15, -0.1) is 0 Å². The molecular weight excluding hydrogens is 462 g/mol. The van der Waals surface area contributed by atoms with Gasteiger partial charge in [0.25, 0.3) is 0 Å². The molecule has 2 saturated heterocycles. The molecule has 5 saturated carbocycles. The highest BCUT2D eigenvalue weighted by Crippen LogP contribution is 2.89. The van der Waals surface area contributed by atoms with Gasteiger partial charge in [0, 0.05) is 24.9 Å². The molecule has 4 unspecified atom stereocenters. The van der Waals surface area contributed by atoms with E-state index in [2.05, 4.69) is 34.6 Å². The number of aliphatic hydroxyl groups is 2. The highest BCUT2D eigenvalue weighted by atomic mass is 16.5. The predicted molar refractivity (Wildman–Crippen MR) is 143 cm³/mol. The molecule has 2 aliphatic heterocycles. The zero-order valence-corrected chi connectivity index (χ0v) is 24.0. The average molecular weight is 514 g/mol. The van der Waals surface area contributed by atoms with Crippen molar-refractivity contribution in [3.8, 4) is 0 Å². The summed E-state index contributed by atoms with van der Waals surface area (Å²) in [4.78, 5) is 14.6. The molecule has 2 spiro atoms. The minimum absolute atomic E-state index is 0.00656. The molecule has 7 aliphatic rings. The Labute approximate surface area is 224 Å². The second-order valence-corrected chi connectivity index (χ2v) is 16.0. The van der Waals surface area contributed by atoms with Crippen LogP contribution in [0.2, 0.25) is 0 Å². The van der Waals surface area contributed by atoms with Gasteiger partial charge in [-0.1, -0.05) is 34.6 Å². The third-order valence-corrected chi connectivity index (χ3v) is 14.7. The second kappa shape index (κ2) is 7.75. The average Bonchev–Trinajstić information content (AvgIpc) is 3.48. The van der Waals surface area contributed by atoms with Crippen LogP contribution in [-0.2, 0) is 9.53 Å². The van der Waals surface area contributed by atoms with Gasteiger partial charge in [0.15, 0.2) is 0 Å². The molecule has 37 heavy (non-hydrogen) atoms. The number of hydrogen-bond acceptors (Lipinski definition) is 4. The summed E-state index contributed by atoms with van der Waals surface area (Å²) in [5.41, 5.74) is 0.657. The molecular formula is C32H51NO4. The summed E-state index contributed by atoms with van der Waals surface area (Å²) in [6.07, 6.45) is 11.4. The van der Waals surface area contributed by atoms with Crippen LogP contribution in [0.1, 0.15) is 105 Å². The van der Waals surface area contributed by atoms with E-state index in [4.69, 9.17) is 4.74 Å². The van der Waals surface area contributed by atoms with Crippen molar-refractivity contribution in [2.45, 2.75) is 130 Å². The van der Waals surface area contributed by atoms with Crippen molar-refractivity contribution in [1.82, 2.24) is 4.90 Å². The lowest BCUT2D eigenvalue weighted by atomic mass is 9.41. The Morgan fingerprint density at radius 3 is 2.46 bits per heavy atom. The Kier molecular flexibility index (Phi) is 5.31. The van der Waals surface area contributed by atoms with Crippen LogP contribution >= 0.6 is 0 Å². The molecule has 12 atom stereocenters. The molecule has 0 radical (unpaired) electrons. The number of carbonyl (C=O) groups is 1. The van der Waals surface area contributed by atoms with E-state index >= 15 is 0 Å². The summed E-state index contributed by atoms with van der Waals surface area (Å²) >= 11 is 0. The number of aliphatic hydroxyl groups excluding tert-OH is 2. The molecule has 0 aromatic rings. The first-order valence-electron chi connectivity index (χ1n) is 15.7. The topological polar surface area (TPSA) is 70.0 Å². The number of piperidine rings is 1. The molecule has 208 valence electrons. The summed E-state index contributed by atoms with van der Waals surface area (Å²) in [5, 5.41) is 23.2. The van der Waals surface area contributed by atoms with Crippen molar-refractivity contribution in [2.75, 3.05) is 13.1 Å². The van der Waals surface area contributed by atoms with E-state index in [-0.39, 0.29) is 40.5 Å². The molecule has 1 amide bonds. The van der Waals surface area contributed by atoms with Gasteiger partial charge in [-0.25, -0.2) is 0 Å². The van der Waals surface area contributed by atoms with Gasteiger partial charge in [0.1, 0.15) is 0 Å². The third-order valence-electron chi connectivity index (χ3n) is 14.7. The van der Waals surface area contributed by atoms with E-state index in [1.54, 1.807) is 0 Å². The highest BCUT2D eigenvalue weighted by molar-refractivity contribution is 5.76. The summed E-state index contributed by atoms with van der Waals surface area (Å²) < 4.78 is 6.87. The Morgan fingerprint density at radius 2 is 1.70 bits per heavy atom. The summed E-state index contributed by atoms with van der Waals surface area (Å²) in [7, 11) is 0. The standard InChI is InChI=1S/C32H51NO4/c1-19-16-20(17-33-15-7-6-8-24(33)35)37-26-25(19)29(4)13-14-32-18-31(32)12-11-23(34)28(2,3)21(31)9-10-22(32)30(29,5)27(26)36/h19-23,25-27,34,36H,6-18H2,1-5H3/t19-,20?,21+,22?,23?,25+,26?,27+,29-,30-,31-,32+/m1/s1. The third kappa shape index (κ3) is 2.90. The molecule has 0 bridgehead atoms. The van der Waals surface area contributed by atoms with Gasteiger partial charge in [-0.05, 0) is 110 Å². The van der Waals surface area contributed by atoms with Crippen LogP contribution in [0.15, 0.2) is 0 Å². The van der Waals surface area contributed by atoms with Crippen molar-refractivity contribution in [2.24, 2.45) is 50.7 Å². The van der Waals surface area contributed by atoms with Crippen molar-refractivity contribution >= 4 is 5.91 Å². The molecule has 5 heteroatoms. The Balaban J connectivity index is 1.19. The van der Waals surface area contributed by atoms with Gasteiger partial charge >= 0.3 is 0 Å². The normalized spacial score (nSPS) is 58.0. The van der Waals surface area contributed by atoms with Crippen LogP contribution in [0, 0.1) is 50.7 Å². The first-order valence-corrected chi connectivity index (χ1v) is 15.7. The van der Waals surface area contributed by atoms with Crippen LogP contribution in [0.5, 0.6) is 0 Å². The first-order chi connectivity index (χ1) is 17.4. The number of carbonyl (C=O) groups excluding carboxylic acids is 1. The quantitative estimate of drug-likeness (QED) is 0.534. The Hall–Kier alpha value is -0.650. The number of rotatable bonds is 2. The SMILES string of the molecule is C[C@@H]1CC(CN2CCCCC2=O)OC2[C@H]1[C@@]1(C)CC[C@@]34C[C@@]35CCC(O)C(C)(C)[C@@H]5CCC4[C@]1(C)[C@H]2O. The smallest absolute Gasteiger partial charge is 0.222 e. The molecule has 7 rings (SSSR count). The van der Waals surface area contributed by atoms with Gasteiger partial charge in [-0.2, -0.15) is 0 Å². The maximum atomic E-state index is 12.5. The van der Waals surface area contributed by atoms with E-state index in [9.17, 15) is 15.0 Å². The molecule has 5 nitrogen and oxygen atoms in total. The van der Waals surface area contributed by atoms with Crippen molar-refractivity contribution < 1.29 is 19.7 Å². The number of likely N-dealkylation sites (tertiary alicyclic amines) is 1. The number of fused-ring (bicyclic) bond motifs is 4. The number of hydrogen-bond donors (Lipinski definition) is 2. The van der Waals surface area contributed by atoms with E-state index in [1.165, 1.54) is 38.5 Å². The molecule has 0 aromatic heterocycles. The molecule has 5 aliphatic carbocycles. The van der Waals surface area contributed by atoms with Crippen LogP contribution in [0.25, 0.3) is 0 Å². The van der Waals surface area contributed by atoms with E-state index in [0.717, 1.165) is 32.2 Å². The van der Waals surface area contributed by atoms with Gasteiger partial charge < -0.3 is 19.8 Å². The van der Waals surface area contributed by atoms with Crippen LogP contribution < -0.4 is 0 Å². The Bertz CT molecular complexity index is 982. The fourth-order valence-corrected chi connectivity index (χ4v) is 12.8. The maximum Gasteiger partial charge on any atom is 0.222 e. The predicted octanol–water partition coefficient (Wildman–Crippen LogP) is 5.17. The minimum Gasteiger partial charge on any atom is -0.393 e. The lowest BCUT2D eigenvalue weighted by Crippen LogP contribution is -2.59. The zero-order chi connectivity index (χ0) is 26.2. The molecule has 7 fully saturated rings. The minimum atomic E-state index is -0.441. The van der Waals surface area contributed by atoms with Crippen molar-refractivity contribution in [3.63, 3.8) is 0 Å². The largest absolute Gasteiger partial charge is 0.393 e. The monoisotopic (exact) mass is 513 g/mol. The summed E-state index contributed by atoms with van der Waals surface area (Å²) in [6, 6.07) is 0. The maximum absolute atomic E-state index is 12.5. The molecule has 2 N–H and O–H groups in total. The zero-order valence-electron chi connectivity index (χ0n) is 24.0. The first kappa shape index (κ1) is 25.3. The lowest BCUT2D eigenvalue weighted by molar-refractivity contribution is -0.182. The van der Waals surface area contributed by atoms with Gasteiger partial charge in [-0.3, -0.25) is 4.79 Å². The fraction of sp³-hybridized carbons (Fsp3) is 0.969. The number of nitrogens with zero attached hydrogens (tertiary/aromatic N) is 1. The number of amides is 1. The fourth-order valence-electron chi connectivity index (χ4n) is 12.8. The van der Waals surface area contributed by atoms with E-state index < -0.39 is 6.10 Å². The van der Waals surface area contributed by atoms with Crippen molar-refractivity contribution in [1.29, 1.82) is 0 Å². The van der Waals surface area contributed by atoms with Gasteiger partial charge in [0.05, 0.1) is 24.4 Å². The molecule has 0 aromatic carbocycles. The van der Waals surface area contributed by atoms with E-state index in [0.29, 0.717) is 47.5 Å². The van der Waals surface area contributed by atoms with Gasteiger partial charge in [0.2, 0.25) is 5.91 Å². The van der Waals surface area contributed by atoms with Crippen molar-refractivity contribution in [3.05, 3.63) is 0 Å². The summed E-state index contributed by atoms with van der Waals surface area (Å²) in [5.74, 6) is 2.31. The van der Waals surface area contributed by atoms with Crippen LogP contribution in [0.4, 0.5) is 0 Å². The highest BCUT2D eigenvalue weighted by Gasteiger charge is 2.84. The van der Waals surface area contributed by atoms with E-state index in [1.807, 2.05) is 4.90 Å². The van der Waals surface area contributed by atoms with Crippen LogP contribution in [0.3, 0.4) is 0 Å². The lowest BCUT2D eigenvalue weighted by Gasteiger charge is -2.63. The summed E-state index contributed by atoms with van der Waals surface area (Å²) in [6.45, 7) is 13.6. The Morgan fingerprint density at radius 1 is 0.973 bits per heavy atom. The molecule has 2 heterocycles. The number of ether oxygens (including phenoxy) is 1.